The summed E-state index contributed by atoms with van der Waals surface area (Å²) in [5, 5.41) is 10.2. The molecule has 2 aromatic heterocycles. The van der Waals surface area contributed by atoms with Gasteiger partial charge < -0.3 is 14.4 Å². The molecule has 5 aromatic rings. The zero-order valence-corrected chi connectivity index (χ0v) is 31.7. The first kappa shape index (κ1) is 42.2. The molecule has 2 fully saturated rings. The Hall–Kier alpha value is -4.54. The summed E-state index contributed by atoms with van der Waals surface area (Å²) in [5.74, 6) is -0.865. The molecule has 2 aliphatic rings. The monoisotopic (exact) mass is 807 g/mol. The standard InChI is InChI=1S/C36H36F3N9O3.3ClH/c1-50-31-14-13-29(48-35(36(37,38)39)42-43-44-48)33(51-2)27(31)22-45-20-26-21-46(34(49)28-19-40-15-16-41-28)17-18-47(26)30(23-45)32(24-9-5-3-6-10-24)25-11-7-4-8-12-25;;;/h3-16,19,26,30,32H,17-18,20-23H2,1-2H3;3*1H. The molecular weight excluding hydrogens is 770 g/mol. The lowest BCUT2D eigenvalue weighted by molar-refractivity contribution is -0.146. The van der Waals surface area contributed by atoms with E-state index in [9.17, 15) is 18.0 Å². The molecule has 12 nitrogen and oxygen atoms in total. The van der Waals surface area contributed by atoms with Crippen molar-refractivity contribution in [3.63, 3.8) is 0 Å². The van der Waals surface area contributed by atoms with Crippen LogP contribution in [0.25, 0.3) is 5.69 Å². The minimum atomic E-state index is -4.79. The number of tetrazole rings is 1. The Morgan fingerprint density at radius 3 is 2.15 bits per heavy atom. The second kappa shape index (κ2) is 18.2. The maximum absolute atomic E-state index is 13.9. The van der Waals surface area contributed by atoms with E-state index in [-0.39, 0.29) is 84.8 Å². The summed E-state index contributed by atoms with van der Waals surface area (Å²) in [6, 6.07) is 23.6. The lowest BCUT2D eigenvalue weighted by Crippen LogP contribution is -2.67. The molecular formula is C36H39Cl3F3N9O3. The number of aromatic nitrogens is 6. The Bertz CT molecular complexity index is 1920. The quantitative estimate of drug-likeness (QED) is 0.187. The van der Waals surface area contributed by atoms with E-state index in [0.717, 1.165) is 11.1 Å². The number of nitrogens with zero attached hydrogens (tertiary/aromatic N) is 9. The Morgan fingerprint density at radius 1 is 0.870 bits per heavy atom. The summed E-state index contributed by atoms with van der Waals surface area (Å²) < 4.78 is 53.9. The van der Waals surface area contributed by atoms with Crippen LogP contribution in [0.1, 0.15) is 38.9 Å². The van der Waals surface area contributed by atoms with E-state index in [4.69, 9.17) is 9.47 Å². The van der Waals surface area contributed by atoms with Gasteiger partial charge in [0, 0.05) is 69.7 Å². The van der Waals surface area contributed by atoms with E-state index in [1.54, 1.807) is 6.07 Å². The van der Waals surface area contributed by atoms with Gasteiger partial charge in [-0.1, -0.05) is 60.7 Å². The molecule has 4 heterocycles. The average molecular weight is 809 g/mol. The van der Waals surface area contributed by atoms with E-state index in [2.05, 4.69) is 59.6 Å². The zero-order valence-electron chi connectivity index (χ0n) is 29.2. The number of halogens is 6. The number of carbonyl (C=O) groups is 1. The summed E-state index contributed by atoms with van der Waals surface area (Å²) in [6.07, 6.45) is -0.274. The molecule has 0 aliphatic carbocycles. The molecule has 18 heteroatoms. The maximum Gasteiger partial charge on any atom is 0.453 e. The van der Waals surface area contributed by atoms with Gasteiger partial charge in [0.15, 0.2) is 5.75 Å². The fourth-order valence-corrected chi connectivity index (χ4v) is 7.43. The lowest BCUT2D eigenvalue weighted by atomic mass is 9.81. The zero-order chi connectivity index (χ0) is 35.5. The van der Waals surface area contributed by atoms with Crippen LogP contribution in [0.5, 0.6) is 11.5 Å². The van der Waals surface area contributed by atoms with Crippen molar-refractivity contribution in [2.24, 2.45) is 0 Å². The molecule has 2 saturated heterocycles. The first-order chi connectivity index (χ1) is 24.8. The van der Waals surface area contributed by atoms with Gasteiger partial charge in [0.1, 0.15) is 17.1 Å². The van der Waals surface area contributed by atoms with Crippen LogP contribution in [0.2, 0.25) is 0 Å². The van der Waals surface area contributed by atoms with Crippen LogP contribution < -0.4 is 9.47 Å². The van der Waals surface area contributed by atoms with Crippen LogP contribution in [-0.2, 0) is 12.7 Å². The Balaban J connectivity index is 0.00000217. The Morgan fingerprint density at radius 2 is 1.56 bits per heavy atom. The molecule has 3 aromatic carbocycles. The number of hydrogen-bond donors (Lipinski definition) is 0. The smallest absolute Gasteiger partial charge is 0.453 e. The number of fused-ring (bicyclic) bond motifs is 1. The summed E-state index contributed by atoms with van der Waals surface area (Å²) in [6.45, 7) is 3.07. The van der Waals surface area contributed by atoms with Gasteiger partial charge in [-0.05, 0) is 33.7 Å². The molecule has 1 amide bonds. The topological polar surface area (TPSA) is 115 Å². The van der Waals surface area contributed by atoms with Gasteiger partial charge in [-0.3, -0.25) is 19.6 Å². The number of hydrogen-bond acceptors (Lipinski definition) is 10. The average Bonchev–Trinajstić information content (AvgIpc) is 3.67. The highest BCUT2D eigenvalue weighted by Gasteiger charge is 2.44. The highest BCUT2D eigenvalue weighted by molar-refractivity contribution is 5.92. The van der Waals surface area contributed by atoms with Crippen molar-refractivity contribution >= 4 is 43.1 Å². The molecule has 54 heavy (non-hydrogen) atoms. The van der Waals surface area contributed by atoms with Crippen LogP contribution in [0, 0.1) is 0 Å². The molecule has 0 bridgehead atoms. The van der Waals surface area contributed by atoms with Crippen molar-refractivity contribution < 1.29 is 27.4 Å². The van der Waals surface area contributed by atoms with Crippen molar-refractivity contribution in [1.82, 2.24) is 44.9 Å². The van der Waals surface area contributed by atoms with Gasteiger partial charge >= 0.3 is 6.18 Å². The Kier molecular flexibility index (Phi) is 14.2. The third-order valence-corrected chi connectivity index (χ3v) is 9.59. The molecule has 288 valence electrons. The number of piperazine rings is 2. The minimum absolute atomic E-state index is 0. The molecule has 0 N–H and O–H groups in total. The number of benzene rings is 3. The van der Waals surface area contributed by atoms with Crippen LogP contribution >= 0.6 is 37.2 Å². The highest BCUT2D eigenvalue weighted by Crippen LogP contribution is 2.40. The van der Waals surface area contributed by atoms with Gasteiger partial charge in [-0.25, -0.2) is 4.98 Å². The summed E-state index contributed by atoms with van der Waals surface area (Å²) >= 11 is 0. The SMILES string of the molecule is COc1ccc(-n2nnnc2C(F)(F)F)c(OC)c1CN1CC2CN(C(=O)c3cnccn3)CCN2C(C(c2ccccc2)c2ccccc2)C1.Cl.Cl.Cl. The van der Waals surface area contributed by atoms with Crippen molar-refractivity contribution in [2.75, 3.05) is 46.9 Å². The van der Waals surface area contributed by atoms with Crippen LogP contribution in [-0.4, -0.2) is 110 Å². The molecule has 0 saturated carbocycles. The number of methoxy groups -OCH3 is 2. The summed E-state index contributed by atoms with van der Waals surface area (Å²) in [4.78, 5) is 28.5. The van der Waals surface area contributed by atoms with Gasteiger partial charge in [0.05, 0.1) is 26.0 Å². The third-order valence-electron chi connectivity index (χ3n) is 9.59. The largest absolute Gasteiger partial charge is 0.496 e. The van der Waals surface area contributed by atoms with E-state index in [1.807, 2.05) is 41.3 Å². The second-order valence-corrected chi connectivity index (χ2v) is 12.5. The lowest BCUT2D eigenvalue weighted by Gasteiger charge is -2.53. The fourth-order valence-electron chi connectivity index (χ4n) is 7.43. The number of carbonyl (C=O) groups excluding carboxylic acids is 1. The second-order valence-electron chi connectivity index (χ2n) is 12.5. The number of alkyl halides is 3. The first-order valence-corrected chi connectivity index (χ1v) is 16.5. The Labute approximate surface area is 328 Å². The number of amides is 1. The highest BCUT2D eigenvalue weighted by atomic mass is 35.5. The fraction of sp³-hybridized carbons (Fsp3) is 0.333. The van der Waals surface area contributed by atoms with Crippen molar-refractivity contribution in [3.8, 4) is 17.2 Å². The molecule has 0 radical (unpaired) electrons. The van der Waals surface area contributed by atoms with E-state index >= 15 is 0 Å². The predicted octanol–water partition coefficient (Wildman–Crippen LogP) is 5.60. The summed E-state index contributed by atoms with van der Waals surface area (Å²) in [7, 11) is 2.91. The van der Waals surface area contributed by atoms with E-state index < -0.39 is 12.0 Å². The van der Waals surface area contributed by atoms with Crippen molar-refractivity contribution in [2.45, 2.75) is 30.7 Å². The van der Waals surface area contributed by atoms with E-state index in [1.165, 1.54) is 38.9 Å². The van der Waals surface area contributed by atoms with Gasteiger partial charge in [-0.15, -0.1) is 42.3 Å². The van der Waals surface area contributed by atoms with Gasteiger partial charge in [0.2, 0.25) is 0 Å². The predicted molar refractivity (Wildman–Crippen MR) is 201 cm³/mol. The molecule has 2 unspecified atom stereocenters. The number of ether oxygens (including phenoxy) is 2. The van der Waals surface area contributed by atoms with Crippen molar-refractivity contribution in [3.05, 3.63) is 120 Å². The normalized spacial score (nSPS) is 17.4. The van der Waals surface area contributed by atoms with Crippen LogP contribution in [0.4, 0.5) is 13.2 Å². The van der Waals surface area contributed by atoms with Crippen LogP contribution in [0.15, 0.2) is 91.4 Å². The van der Waals surface area contributed by atoms with Crippen molar-refractivity contribution in [1.29, 1.82) is 0 Å². The van der Waals surface area contributed by atoms with Crippen LogP contribution in [0.3, 0.4) is 0 Å². The van der Waals surface area contributed by atoms with Gasteiger partial charge in [-0.2, -0.15) is 17.9 Å². The first-order valence-electron chi connectivity index (χ1n) is 16.5. The minimum Gasteiger partial charge on any atom is -0.496 e. The molecule has 2 atom stereocenters. The molecule has 2 aliphatic heterocycles. The molecule has 0 spiro atoms. The number of rotatable bonds is 9. The molecule has 7 rings (SSSR count). The third kappa shape index (κ3) is 8.55. The van der Waals surface area contributed by atoms with Gasteiger partial charge in [0.25, 0.3) is 11.7 Å². The maximum atomic E-state index is 13.9. The van der Waals surface area contributed by atoms with E-state index in [0.29, 0.717) is 48.7 Å². The summed E-state index contributed by atoms with van der Waals surface area (Å²) in [5.41, 5.74) is 3.18.